The number of hydrogen-bond acceptors (Lipinski definition) is 5. The van der Waals surface area contributed by atoms with Crippen LogP contribution in [0.2, 0.25) is 0 Å². The van der Waals surface area contributed by atoms with Gasteiger partial charge >= 0.3 is 0 Å². The number of aromatic nitrogens is 2. The third kappa shape index (κ3) is 2.38. The molecule has 2 aromatic rings. The molecule has 5 nitrogen and oxygen atoms in total. The maximum atomic E-state index is 8.94. The van der Waals surface area contributed by atoms with Crippen LogP contribution in [0, 0.1) is 18.3 Å². The number of ether oxygens (including phenoxy) is 2. The van der Waals surface area contributed by atoms with E-state index in [9.17, 15) is 0 Å². The number of nitrogens with zero attached hydrogens (tertiary/aromatic N) is 3. The summed E-state index contributed by atoms with van der Waals surface area (Å²) >= 11 is 0. The molecule has 0 aliphatic heterocycles. The molecule has 0 saturated heterocycles. The summed E-state index contributed by atoms with van der Waals surface area (Å²) in [7, 11) is 1.56. The predicted molar refractivity (Wildman–Crippen MR) is 64.6 cm³/mol. The lowest BCUT2D eigenvalue weighted by molar-refractivity contribution is 0.371. The summed E-state index contributed by atoms with van der Waals surface area (Å²) in [6, 6.07) is 9.04. The van der Waals surface area contributed by atoms with Crippen molar-refractivity contribution in [1.29, 1.82) is 5.26 Å². The second kappa shape index (κ2) is 5.15. The summed E-state index contributed by atoms with van der Waals surface area (Å²) in [5.74, 6) is 1.26. The van der Waals surface area contributed by atoms with E-state index in [-0.39, 0.29) is 5.88 Å². The van der Waals surface area contributed by atoms with Gasteiger partial charge in [-0.15, -0.1) is 5.10 Å². The van der Waals surface area contributed by atoms with Crippen LogP contribution >= 0.6 is 0 Å². The zero-order chi connectivity index (χ0) is 13.0. The molecule has 0 spiro atoms. The van der Waals surface area contributed by atoms with Crippen LogP contribution in [0.15, 0.2) is 30.5 Å². The molecule has 0 N–H and O–H groups in total. The summed E-state index contributed by atoms with van der Waals surface area (Å²) in [6.45, 7) is 1.95. The van der Waals surface area contributed by atoms with E-state index >= 15 is 0 Å². The highest BCUT2D eigenvalue weighted by Crippen LogP contribution is 2.32. The molecule has 5 heteroatoms. The van der Waals surface area contributed by atoms with Gasteiger partial charge in [0.05, 0.1) is 13.3 Å². The first-order valence-electron chi connectivity index (χ1n) is 5.29. The van der Waals surface area contributed by atoms with Crippen molar-refractivity contribution in [2.45, 2.75) is 6.92 Å². The predicted octanol–water partition coefficient (Wildman–Crippen LogP) is 2.46. The second-order valence-electron chi connectivity index (χ2n) is 3.62. The van der Waals surface area contributed by atoms with Gasteiger partial charge in [-0.25, -0.2) is 0 Å². The Kier molecular flexibility index (Phi) is 3.39. The van der Waals surface area contributed by atoms with Gasteiger partial charge in [-0.2, -0.15) is 10.4 Å². The molecule has 0 radical (unpaired) electrons. The lowest BCUT2D eigenvalue weighted by atomic mass is 10.2. The Labute approximate surface area is 105 Å². The van der Waals surface area contributed by atoms with Gasteiger partial charge in [0, 0.05) is 0 Å². The largest absolute Gasteiger partial charge is 0.493 e. The van der Waals surface area contributed by atoms with Gasteiger partial charge in [-0.1, -0.05) is 6.07 Å². The first-order valence-corrected chi connectivity index (χ1v) is 5.29. The van der Waals surface area contributed by atoms with E-state index in [0.717, 1.165) is 5.56 Å². The summed E-state index contributed by atoms with van der Waals surface area (Å²) in [4.78, 5) is 0. The Morgan fingerprint density at radius 2 is 2.06 bits per heavy atom. The van der Waals surface area contributed by atoms with Crippen molar-refractivity contribution < 1.29 is 9.47 Å². The van der Waals surface area contributed by atoms with Crippen LogP contribution in [0.3, 0.4) is 0 Å². The Bertz CT molecular complexity index is 605. The average Bonchev–Trinajstić information content (AvgIpc) is 2.41. The summed E-state index contributed by atoms with van der Waals surface area (Å²) in [5.41, 5.74) is 1.38. The van der Waals surface area contributed by atoms with Crippen LogP contribution in [-0.4, -0.2) is 17.3 Å². The summed E-state index contributed by atoms with van der Waals surface area (Å²) < 4.78 is 10.8. The third-order valence-corrected chi connectivity index (χ3v) is 2.33. The van der Waals surface area contributed by atoms with E-state index in [1.165, 1.54) is 6.20 Å². The molecule has 1 aromatic heterocycles. The second-order valence-corrected chi connectivity index (χ2v) is 3.62. The minimum atomic E-state index is 0.169. The lowest BCUT2D eigenvalue weighted by Crippen LogP contribution is -1.96. The fraction of sp³-hybridized carbons (Fsp3) is 0.154. The standard InChI is InChI=1S/C13H11N3O2/c1-9-3-4-11(12(7-9)17-2)18-13-10(8-14)5-6-15-16-13/h3-7H,1-2H3. The molecule has 18 heavy (non-hydrogen) atoms. The van der Waals surface area contributed by atoms with Crippen LogP contribution in [0.1, 0.15) is 11.1 Å². The Hall–Kier alpha value is -2.61. The number of nitriles is 1. The lowest BCUT2D eigenvalue weighted by Gasteiger charge is -2.10. The zero-order valence-corrected chi connectivity index (χ0v) is 10.0. The minimum Gasteiger partial charge on any atom is -0.493 e. The first kappa shape index (κ1) is 11.9. The number of hydrogen-bond donors (Lipinski definition) is 0. The van der Waals surface area contributed by atoms with Crippen LogP contribution in [0.4, 0.5) is 0 Å². The maximum absolute atomic E-state index is 8.94. The minimum absolute atomic E-state index is 0.169. The molecule has 0 amide bonds. The molecule has 0 bridgehead atoms. The SMILES string of the molecule is COc1cc(C)ccc1Oc1nnccc1C#N. The van der Waals surface area contributed by atoms with Crippen molar-refractivity contribution in [3.05, 3.63) is 41.6 Å². The van der Waals surface area contributed by atoms with E-state index in [1.807, 2.05) is 25.1 Å². The van der Waals surface area contributed by atoms with E-state index in [1.54, 1.807) is 19.2 Å². The van der Waals surface area contributed by atoms with E-state index < -0.39 is 0 Å². The van der Waals surface area contributed by atoms with Gasteiger partial charge in [0.1, 0.15) is 11.6 Å². The van der Waals surface area contributed by atoms with Crippen molar-refractivity contribution >= 4 is 0 Å². The van der Waals surface area contributed by atoms with Gasteiger partial charge < -0.3 is 9.47 Å². The molecule has 0 fully saturated rings. The van der Waals surface area contributed by atoms with E-state index in [4.69, 9.17) is 14.7 Å². The highest BCUT2D eigenvalue weighted by molar-refractivity contribution is 5.46. The molecule has 0 unspecified atom stereocenters. The molecular formula is C13H11N3O2. The molecule has 0 aliphatic rings. The third-order valence-electron chi connectivity index (χ3n) is 2.33. The molecular weight excluding hydrogens is 230 g/mol. The first-order chi connectivity index (χ1) is 8.74. The van der Waals surface area contributed by atoms with Crippen molar-refractivity contribution in [3.63, 3.8) is 0 Å². The maximum Gasteiger partial charge on any atom is 0.257 e. The van der Waals surface area contributed by atoms with E-state index in [2.05, 4.69) is 10.2 Å². The molecule has 0 atom stereocenters. The topological polar surface area (TPSA) is 68.0 Å². The Morgan fingerprint density at radius 1 is 1.22 bits per heavy atom. The quantitative estimate of drug-likeness (QED) is 0.825. The Morgan fingerprint density at radius 3 is 2.78 bits per heavy atom. The fourth-order valence-corrected chi connectivity index (χ4v) is 1.44. The van der Waals surface area contributed by atoms with Gasteiger partial charge in [0.25, 0.3) is 5.88 Å². The van der Waals surface area contributed by atoms with Crippen LogP contribution in [0.25, 0.3) is 0 Å². The molecule has 1 aromatic carbocycles. The monoisotopic (exact) mass is 241 g/mol. The number of rotatable bonds is 3. The van der Waals surface area contributed by atoms with Crippen molar-refractivity contribution in [2.24, 2.45) is 0 Å². The Balaban J connectivity index is 2.37. The van der Waals surface area contributed by atoms with Crippen LogP contribution < -0.4 is 9.47 Å². The highest BCUT2D eigenvalue weighted by Gasteiger charge is 2.10. The smallest absolute Gasteiger partial charge is 0.257 e. The van der Waals surface area contributed by atoms with Gasteiger partial charge in [0.2, 0.25) is 0 Å². The number of methoxy groups -OCH3 is 1. The number of aryl methyl sites for hydroxylation is 1. The van der Waals surface area contributed by atoms with Gasteiger partial charge in [-0.05, 0) is 30.7 Å². The zero-order valence-electron chi connectivity index (χ0n) is 10.0. The van der Waals surface area contributed by atoms with Crippen molar-refractivity contribution in [2.75, 3.05) is 7.11 Å². The average molecular weight is 241 g/mol. The molecule has 1 heterocycles. The molecule has 0 aliphatic carbocycles. The summed E-state index contributed by atoms with van der Waals surface area (Å²) in [5, 5.41) is 16.4. The van der Waals surface area contributed by atoms with Crippen molar-refractivity contribution in [3.8, 4) is 23.4 Å². The summed E-state index contributed by atoms with van der Waals surface area (Å²) in [6.07, 6.45) is 1.44. The van der Waals surface area contributed by atoms with Gasteiger partial charge in [0.15, 0.2) is 11.5 Å². The van der Waals surface area contributed by atoms with E-state index in [0.29, 0.717) is 17.1 Å². The van der Waals surface area contributed by atoms with Gasteiger partial charge in [-0.3, -0.25) is 0 Å². The molecule has 90 valence electrons. The molecule has 0 saturated carbocycles. The normalized spacial score (nSPS) is 9.61. The molecule has 2 rings (SSSR count). The number of benzene rings is 1. The fourth-order valence-electron chi connectivity index (χ4n) is 1.44. The van der Waals surface area contributed by atoms with Crippen molar-refractivity contribution in [1.82, 2.24) is 10.2 Å². The van der Waals surface area contributed by atoms with Crippen LogP contribution in [-0.2, 0) is 0 Å². The highest BCUT2D eigenvalue weighted by atomic mass is 16.5. The van der Waals surface area contributed by atoms with Crippen LogP contribution in [0.5, 0.6) is 17.4 Å².